The van der Waals surface area contributed by atoms with Gasteiger partial charge in [-0.3, -0.25) is 9.59 Å². The molecule has 0 aliphatic heterocycles. The molecule has 216 valence electrons. The van der Waals surface area contributed by atoms with Crippen LogP contribution in [-0.2, 0) is 16.0 Å². The fourth-order valence-electron chi connectivity index (χ4n) is 5.53. The lowest BCUT2D eigenvalue weighted by atomic mass is 9.70. The molecule has 0 aromatic heterocycles. The van der Waals surface area contributed by atoms with E-state index in [0.717, 1.165) is 55.2 Å². The smallest absolute Gasteiger partial charge is 0.319 e. The van der Waals surface area contributed by atoms with Crippen molar-refractivity contribution in [1.82, 2.24) is 5.32 Å². The quantitative estimate of drug-likeness (QED) is 0.186. The molecule has 4 rings (SSSR count). The zero-order valence-electron chi connectivity index (χ0n) is 23.5. The lowest BCUT2D eigenvalue weighted by Crippen LogP contribution is -2.45. The molecule has 1 fully saturated rings. The molecule has 4 amide bonds. The summed E-state index contributed by atoms with van der Waals surface area (Å²) in [5, 5.41) is 8.57. The number of anilines is 2. The Morgan fingerprint density at radius 2 is 1.37 bits per heavy atom. The fraction of sp³-hybridized carbons (Fsp3) is 0.364. The first kappa shape index (κ1) is 29.8. The molecule has 3 aromatic rings. The number of amides is 4. The van der Waals surface area contributed by atoms with Crippen molar-refractivity contribution in [2.45, 2.75) is 63.8 Å². The Hall–Kier alpha value is -4.17. The van der Waals surface area contributed by atoms with Gasteiger partial charge in [-0.1, -0.05) is 73.9 Å². The van der Waals surface area contributed by atoms with Crippen molar-refractivity contribution in [2.75, 3.05) is 17.2 Å². The topological polar surface area (TPSA) is 139 Å². The minimum absolute atomic E-state index is 0.230. The van der Waals surface area contributed by atoms with Crippen molar-refractivity contribution < 1.29 is 14.4 Å². The number of benzene rings is 3. The van der Waals surface area contributed by atoms with E-state index < -0.39 is 17.5 Å². The number of carbonyl (C=O) groups excluding carboxylic acids is 3. The van der Waals surface area contributed by atoms with Crippen molar-refractivity contribution in [3.05, 3.63) is 84.4 Å². The molecule has 0 radical (unpaired) electrons. The first-order chi connectivity index (χ1) is 19.9. The summed E-state index contributed by atoms with van der Waals surface area (Å²) in [5.74, 6) is -0.531. The third-order valence-corrected chi connectivity index (χ3v) is 7.92. The van der Waals surface area contributed by atoms with E-state index in [-0.39, 0.29) is 11.8 Å². The van der Waals surface area contributed by atoms with Crippen LogP contribution in [0.1, 0.15) is 56.9 Å². The molecule has 3 aromatic carbocycles. The van der Waals surface area contributed by atoms with Crippen molar-refractivity contribution in [1.29, 1.82) is 0 Å². The van der Waals surface area contributed by atoms with E-state index in [2.05, 4.69) is 16.0 Å². The largest absolute Gasteiger partial charge is 0.369 e. The predicted octanol–water partition coefficient (Wildman–Crippen LogP) is 5.59. The molecule has 0 heterocycles. The van der Waals surface area contributed by atoms with Gasteiger partial charge in [0.25, 0.3) is 0 Å². The second-order valence-electron chi connectivity index (χ2n) is 10.9. The summed E-state index contributed by atoms with van der Waals surface area (Å²) in [5.41, 5.74) is 15.4. The molecule has 1 saturated carbocycles. The third kappa shape index (κ3) is 8.41. The van der Waals surface area contributed by atoms with Gasteiger partial charge in [0.2, 0.25) is 11.8 Å². The summed E-state index contributed by atoms with van der Waals surface area (Å²) in [6.45, 7) is 0.516. The number of nitrogens with one attached hydrogen (secondary N) is 3. The van der Waals surface area contributed by atoms with Crippen LogP contribution in [0.15, 0.2) is 78.9 Å². The molecule has 1 aliphatic rings. The van der Waals surface area contributed by atoms with Crippen LogP contribution in [0.2, 0.25) is 0 Å². The first-order valence-electron chi connectivity index (χ1n) is 14.5. The summed E-state index contributed by atoms with van der Waals surface area (Å²) in [4.78, 5) is 38.3. The van der Waals surface area contributed by atoms with Gasteiger partial charge in [0.05, 0.1) is 5.41 Å². The van der Waals surface area contributed by atoms with Crippen LogP contribution in [0, 0.1) is 5.41 Å². The Morgan fingerprint density at radius 3 is 2.00 bits per heavy atom. The number of hydrogen-bond acceptors (Lipinski definition) is 4. The second-order valence-corrected chi connectivity index (χ2v) is 10.9. The Balaban J connectivity index is 1.35. The molecule has 0 spiro atoms. The van der Waals surface area contributed by atoms with Crippen LogP contribution in [0.5, 0.6) is 0 Å². The standard InChI is InChI=1S/C33H41N5O3/c34-22-8-5-11-29(38-32(41)37-28-18-14-26(15-19-28)25-9-3-1-4-10-25)30(39)36-27-16-12-24(13-17-27)23-33(31(35)40)20-6-2-7-21-33/h1,3-4,9-10,12-19,29H,2,5-8,11,20-23,34H2,(H2,35,40)(H,36,39)(H2,37,38,41). The van der Waals surface area contributed by atoms with Gasteiger partial charge in [0.15, 0.2) is 0 Å². The second kappa shape index (κ2) is 14.5. The maximum Gasteiger partial charge on any atom is 0.319 e. The van der Waals surface area contributed by atoms with Gasteiger partial charge < -0.3 is 27.4 Å². The lowest BCUT2D eigenvalue weighted by molar-refractivity contribution is -0.129. The highest BCUT2D eigenvalue weighted by Gasteiger charge is 2.37. The molecular formula is C33H41N5O3. The van der Waals surface area contributed by atoms with Gasteiger partial charge in [0, 0.05) is 11.4 Å². The van der Waals surface area contributed by atoms with Crippen molar-refractivity contribution in [2.24, 2.45) is 16.9 Å². The van der Waals surface area contributed by atoms with E-state index in [1.54, 1.807) is 0 Å². The number of urea groups is 1. The molecule has 0 saturated heterocycles. The minimum Gasteiger partial charge on any atom is -0.369 e. The normalized spacial score (nSPS) is 15.0. The highest BCUT2D eigenvalue weighted by Crippen LogP contribution is 2.39. The number of hydrogen-bond donors (Lipinski definition) is 5. The fourth-order valence-corrected chi connectivity index (χ4v) is 5.53. The van der Waals surface area contributed by atoms with E-state index >= 15 is 0 Å². The van der Waals surface area contributed by atoms with Gasteiger partial charge >= 0.3 is 6.03 Å². The number of unbranched alkanes of at least 4 members (excludes halogenated alkanes) is 1. The molecular weight excluding hydrogens is 514 g/mol. The Labute approximate surface area is 242 Å². The van der Waals surface area contributed by atoms with Crippen LogP contribution in [0.3, 0.4) is 0 Å². The van der Waals surface area contributed by atoms with Gasteiger partial charge in [-0.2, -0.15) is 0 Å². The van der Waals surface area contributed by atoms with Gasteiger partial charge in [-0.25, -0.2) is 4.79 Å². The van der Waals surface area contributed by atoms with Crippen LogP contribution < -0.4 is 27.4 Å². The number of nitrogens with two attached hydrogens (primary N) is 2. The molecule has 1 aliphatic carbocycles. The van der Waals surface area contributed by atoms with Crippen LogP contribution in [0.25, 0.3) is 11.1 Å². The number of primary amides is 1. The molecule has 1 atom stereocenters. The number of carbonyl (C=O) groups is 3. The van der Waals surface area contributed by atoms with Crippen molar-refractivity contribution in [3.8, 4) is 11.1 Å². The van der Waals surface area contributed by atoms with E-state index in [9.17, 15) is 14.4 Å². The molecule has 8 heteroatoms. The van der Waals surface area contributed by atoms with Gasteiger partial charge in [0.1, 0.15) is 6.04 Å². The maximum atomic E-state index is 13.2. The van der Waals surface area contributed by atoms with Crippen molar-refractivity contribution in [3.63, 3.8) is 0 Å². The van der Waals surface area contributed by atoms with Crippen LogP contribution >= 0.6 is 0 Å². The highest BCUT2D eigenvalue weighted by molar-refractivity contribution is 5.99. The predicted molar refractivity (Wildman–Crippen MR) is 164 cm³/mol. The Kier molecular flexibility index (Phi) is 10.5. The van der Waals surface area contributed by atoms with E-state index in [0.29, 0.717) is 37.2 Å². The summed E-state index contributed by atoms with van der Waals surface area (Å²) in [6.07, 6.45) is 7.32. The highest BCUT2D eigenvalue weighted by atomic mass is 16.2. The van der Waals surface area contributed by atoms with Crippen molar-refractivity contribution >= 4 is 29.2 Å². The third-order valence-electron chi connectivity index (χ3n) is 7.92. The summed E-state index contributed by atoms with van der Waals surface area (Å²) in [6, 6.07) is 23.9. The first-order valence-corrected chi connectivity index (χ1v) is 14.5. The molecule has 41 heavy (non-hydrogen) atoms. The maximum absolute atomic E-state index is 13.2. The lowest BCUT2D eigenvalue weighted by Gasteiger charge is -2.34. The molecule has 8 nitrogen and oxygen atoms in total. The Bertz CT molecular complexity index is 1290. The van der Waals surface area contributed by atoms with E-state index in [1.165, 1.54) is 0 Å². The molecule has 0 bridgehead atoms. The van der Waals surface area contributed by atoms with Gasteiger partial charge in [-0.15, -0.1) is 0 Å². The summed E-state index contributed by atoms with van der Waals surface area (Å²) < 4.78 is 0. The number of rotatable bonds is 12. The zero-order chi connectivity index (χ0) is 29.1. The summed E-state index contributed by atoms with van der Waals surface area (Å²) in [7, 11) is 0. The summed E-state index contributed by atoms with van der Waals surface area (Å²) >= 11 is 0. The zero-order valence-corrected chi connectivity index (χ0v) is 23.5. The van der Waals surface area contributed by atoms with Crippen LogP contribution in [-0.4, -0.2) is 30.4 Å². The molecule has 1 unspecified atom stereocenters. The molecule has 7 N–H and O–H groups in total. The monoisotopic (exact) mass is 555 g/mol. The van der Waals surface area contributed by atoms with E-state index in [1.807, 2.05) is 78.9 Å². The van der Waals surface area contributed by atoms with Gasteiger partial charge in [-0.05, 0) is 86.0 Å². The minimum atomic E-state index is -0.731. The average Bonchev–Trinajstić information content (AvgIpc) is 2.99. The van der Waals surface area contributed by atoms with E-state index in [4.69, 9.17) is 11.5 Å². The van der Waals surface area contributed by atoms with Crippen LogP contribution in [0.4, 0.5) is 16.2 Å². The Morgan fingerprint density at radius 1 is 0.756 bits per heavy atom. The average molecular weight is 556 g/mol. The SMILES string of the molecule is NCCCCC(NC(=O)Nc1ccc(-c2ccccc2)cc1)C(=O)Nc1ccc(CC2(C(N)=O)CCCCC2)cc1.